The highest BCUT2D eigenvalue weighted by molar-refractivity contribution is 5.59. The van der Waals surface area contributed by atoms with Crippen molar-refractivity contribution in [3.05, 3.63) is 24.3 Å². The standard InChI is InChI=1S/C15H23N3O/c1-13-12-18(9-10-19-13)15-4-2-3-14(11-15)17-7-5-16-6-8-17/h2-4,11,13,16H,5-10,12H2,1H3. The zero-order valence-corrected chi connectivity index (χ0v) is 11.6. The molecular formula is C15H23N3O. The van der Waals surface area contributed by atoms with Crippen LogP contribution in [-0.2, 0) is 4.74 Å². The molecule has 0 amide bonds. The predicted octanol–water partition coefficient (Wildman–Crippen LogP) is 1.32. The summed E-state index contributed by atoms with van der Waals surface area (Å²) in [5, 5.41) is 3.40. The van der Waals surface area contributed by atoms with E-state index in [1.54, 1.807) is 0 Å². The van der Waals surface area contributed by atoms with Crippen LogP contribution in [0.2, 0.25) is 0 Å². The van der Waals surface area contributed by atoms with Gasteiger partial charge in [-0.15, -0.1) is 0 Å². The van der Waals surface area contributed by atoms with E-state index in [2.05, 4.69) is 46.3 Å². The minimum absolute atomic E-state index is 0.330. The molecule has 0 spiro atoms. The van der Waals surface area contributed by atoms with E-state index < -0.39 is 0 Å². The fourth-order valence-electron chi connectivity index (χ4n) is 2.86. The molecule has 2 aliphatic rings. The van der Waals surface area contributed by atoms with Crippen molar-refractivity contribution in [2.24, 2.45) is 0 Å². The van der Waals surface area contributed by atoms with Crippen LogP contribution in [0.4, 0.5) is 11.4 Å². The Kier molecular flexibility index (Phi) is 3.89. The number of rotatable bonds is 2. The minimum atomic E-state index is 0.330. The third kappa shape index (κ3) is 3.01. The van der Waals surface area contributed by atoms with Gasteiger partial charge in [0.1, 0.15) is 0 Å². The molecule has 104 valence electrons. The quantitative estimate of drug-likeness (QED) is 0.869. The second kappa shape index (κ2) is 5.80. The molecule has 3 rings (SSSR count). The van der Waals surface area contributed by atoms with Gasteiger partial charge in [0, 0.05) is 50.6 Å². The maximum absolute atomic E-state index is 5.62. The van der Waals surface area contributed by atoms with Crippen LogP contribution in [0, 0.1) is 0 Å². The van der Waals surface area contributed by atoms with E-state index in [9.17, 15) is 0 Å². The van der Waals surface area contributed by atoms with Crippen molar-refractivity contribution >= 4 is 11.4 Å². The lowest BCUT2D eigenvalue weighted by molar-refractivity contribution is 0.0532. The van der Waals surface area contributed by atoms with Crippen LogP contribution in [0.3, 0.4) is 0 Å². The van der Waals surface area contributed by atoms with E-state index >= 15 is 0 Å². The third-order valence-electron chi connectivity index (χ3n) is 3.92. The summed E-state index contributed by atoms with van der Waals surface area (Å²) in [5.41, 5.74) is 2.67. The minimum Gasteiger partial charge on any atom is -0.375 e. The highest BCUT2D eigenvalue weighted by Crippen LogP contribution is 2.24. The van der Waals surface area contributed by atoms with Crippen LogP contribution in [-0.4, -0.2) is 52.0 Å². The summed E-state index contributed by atoms with van der Waals surface area (Å²) in [5.74, 6) is 0. The molecule has 1 atom stereocenters. The van der Waals surface area contributed by atoms with Gasteiger partial charge in [-0.05, 0) is 25.1 Å². The molecule has 1 aromatic carbocycles. The zero-order valence-electron chi connectivity index (χ0n) is 11.6. The monoisotopic (exact) mass is 261 g/mol. The molecule has 1 aromatic rings. The molecule has 0 aliphatic carbocycles. The first-order valence-corrected chi connectivity index (χ1v) is 7.25. The van der Waals surface area contributed by atoms with Crippen molar-refractivity contribution in [2.75, 3.05) is 55.7 Å². The van der Waals surface area contributed by atoms with Crippen LogP contribution in [0.1, 0.15) is 6.92 Å². The topological polar surface area (TPSA) is 27.7 Å². The smallest absolute Gasteiger partial charge is 0.0722 e. The SMILES string of the molecule is CC1CN(c2cccc(N3CCNCC3)c2)CCO1. The first kappa shape index (κ1) is 12.8. The number of nitrogens with one attached hydrogen (secondary N) is 1. The van der Waals surface area contributed by atoms with Crippen molar-refractivity contribution in [1.82, 2.24) is 5.32 Å². The first-order valence-electron chi connectivity index (χ1n) is 7.25. The molecule has 2 fully saturated rings. The molecule has 1 N–H and O–H groups in total. The van der Waals surface area contributed by atoms with Crippen LogP contribution in [0.25, 0.3) is 0 Å². The van der Waals surface area contributed by atoms with E-state index in [-0.39, 0.29) is 0 Å². The lowest BCUT2D eigenvalue weighted by Gasteiger charge is -2.34. The van der Waals surface area contributed by atoms with Crippen molar-refractivity contribution in [2.45, 2.75) is 13.0 Å². The molecule has 2 aliphatic heterocycles. The van der Waals surface area contributed by atoms with E-state index in [1.807, 2.05) is 0 Å². The van der Waals surface area contributed by atoms with Crippen LogP contribution >= 0.6 is 0 Å². The molecule has 4 heteroatoms. The van der Waals surface area contributed by atoms with Gasteiger partial charge in [0.05, 0.1) is 12.7 Å². The third-order valence-corrected chi connectivity index (χ3v) is 3.92. The van der Waals surface area contributed by atoms with Crippen molar-refractivity contribution < 1.29 is 4.74 Å². The van der Waals surface area contributed by atoms with Gasteiger partial charge < -0.3 is 19.9 Å². The Hall–Kier alpha value is -1.26. The van der Waals surface area contributed by atoms with E-state index in [4.69, 9.17) is 4.74 Å². The number of morpholine rings is 1. The Labute approximate surface area is 115 Å². The number of benzene rings is 1. The second-order valence-corrected chi connectivity index (χ2v) is 5.38. The first-order chi connectivity index (χ1) is 9.33. The summed E-state index contributed by atoms with van der Waals surface area (Å²) in [6.07, 6.45) is 0.330. The van der Waals surface area contributed by atoms with Gasteiger partial charge >= 0.3 is 0 Å². The molecular weight excluding hydrogens is 238 g/mol. The predicted molar refractivity (Wildman–Crippen MR) is 79.2 cm³/mol. The number of hydrogen-bond donors (Lipinski definition) is 1. The highest BCUT2D eigenvalue weighted by atomic mass is 16.5. The highest BCUT2D eigenvalue weighted by Gasteiger charge is 2.18. The number of piperazine rings is 1. The molecule has 2 heterocycles. The van der Waals surface area contributed by atoms with Gasteiger partial charge in [0.25, 0.3) is 0 Å². The molecule has 0 aromatic heterocycles. The molecule has 4 nitrogen and oxygen atoms in total. The van der Waals surface area contributed by atoms with Crippen LogP contribution in [0.5, 0.6) is 0 Å². The lowest BCUT2D eigenvalue weighted by atomic mass is 10.2. The molecule has 0 radical (unpaired) electrons. The van der Waals surface area contributed by atoms with Gasteiger partial charge in [-0.25, -0.2) is 0 Å². The van der Waals surface area contributed by atoms with E-state index in [0.29, 0.717) is 6.10 Å². The average molecular weight is 261 g/mol. The second-order valence-electron chi connectivity index (χ2n) is 5.38. The van der Waals surface area contributed by atoms with E-state index in [1.165, 1.54) is 11.4 Å². The fraction of sp³-hybridized carbons (Fsp3) is 0.600. The fourth-order valence-corrected chi connectivity index (χ4v) is 2.86. The van der Waals surface area contributed by atoms with Gasteiger partial charge in [0.2, 0.25) is 0 Å². The molecule has 0 saturated carbocycles. The molecule has 1 unspecified atom stereocenters. The Bertz CT molecular complexity index is 418. The summed E-state index contributed by atoms with van der Waals surface area (Å²) in [7, 11) is 0. The largest absolute Gasteiger partial charge is 0.375 e. The maximum Gasteiger partial charge on any atom is 0.0722 e. The zero-order chi connectivity index (χ0) is 13.1. The number of ether oxygens (including phenoxy) is 1. The summed E-state index contributed by atoms with van der Waals surface area (Å²) in [6, 6.07) is 8.93. The Morgan fingerprint density at radius 2 is 1.84 bits per heavy atom. The number of anilines is 2. The van der Waals surface area contributed by atoms with Gasteiger partial charge in [-0.3, -0.25) is 0 Å². The van der Waals surface area contributed by atoms with Gasteiger partial charge in [-0.2, -0.15) is 0 Å². The Morgan fingerprint density at radius 3 is 2.58 bits per heavy atom. The summed E-state index contributed by atoms with van der Waals surface area (Å²) in [6.45, 7) is 9.33. The Morgan fingerprint density at radius 1 is 1.11 bits per heavy atom. The van der Waals surface area contributed by atoms with E-state index in [0.717, 1.165) is 45.9 Å². The van der Waals surface area contributed by atoms with Gasteiger partial charge in [0.15, 0.2) is 0 Å². The lowest BCUT2D eigenvalue weighted by Crippen LogP contribution is -2.44. The average Bonchev–Trinajstić information content (AvgIpc) is 2.48. The summed E-state index contributed by atoms with van der Waals surface area (Å²) >= 11 is 0. The Balaban J connectivity index is 1.75. The molecule has 2 saturated heterocycles. The maximum atomic E-state index is 5.62. The molecule has 19 heavy (non-hydrogen) atoms. The number of nitrogens with zero attached hydrogens (tertiary/aromatic N) is 2. The normalized spacial score (nSPS) is 24.6. The van der Waals surface area contributed by atoms with Crippen LogP contribution < -0.4 is 15.1 Å². The van der Waals surface area contributed by atoms with Crippen molar-refractivity contribution in [1.29, 1.82) is 0 Å². The van der Waals surface area contributed by atoms with Crippen molar-refractivity contribution in [3.63, 3.8) is 0 Å². The van der Waals surface area contributed by atoms with Crippen LogP contribution in [0.15, 0.2) is 24.3 Å². The number of hydrogen-bond acceptors (Lipinski definition) is 4. The molecule has 0 bridgehead atoms. The summed E-state index contributed by atoms with van der Waals surface area (Å²) in [4.78, 5) is 4.89. The summed E-state index contributed by atoms with van der Waals surface area (Å²) < 4.78 is 5.62. The van der Waals surface area contributed by atoms with Crippen molar-refractivity contribution in [3.8, 4) is 0 Å². The van der Waals surface area contributed by atoms with Gasteiger partial charge in [-0.1, -0.05) is 6.07 Å².